The quantitative estimate of drug-likeness (QED) is 0.768. The molecule has 1 amide bonds. The summed E-state index contributed by atoms with van der Waals surface area (Å²) < 4.78 is 43.6. The van der Waals surface area contributed by atoms with Crippen molar-refractivity contribution in [3.63, 3.8) is 0 Å². The molecule has 30 heavy (non-hydrogen) atoms. The highest BCUT2D eigenvalue weighted by Gasteiger charge is 2.43. The predicted molar refractivity (Wildman–Crippen MR) is 102 cm³/mol. The van der Waals surface area contributed by atoms with Gasteiger partial charge in [0, 0.05) is 33.2 Å². The maximum atomic E-state index is 11.7. The lowest BCUT2D eigenvalue weighted by Gasteiger charge is -2.39. The number of halogens is 3. The van der Waals surface area contributed by atoms with Crippen molar-refractivity contribution in [1.29, 1.82) is 0 Å². The summed E-state index contributed by atoms with van der Waals surface area (Å²) >= 11 is 0. The first-order valence-corrected chi connectivity index (χ1v) is 9.61. The molecule has 3 atom stereocenters. The van der Waals surface area contributed by atoms with E-state index in [-0.39, 0.29) is 24.7 Å². The molecule has 1 aliphatic heterocycles. The van der Waals surface area contributed by atoms with Gasteiger partial charge >= 0.3 is 12.1 Å². The van der Waals surface area contributed by atoms with Gasteiger partial charge < -0.3 is 19.5 Å². The molecule has 2 fully saturated rings. The minimum atomic E-state index is -5.08. The maximum Gasteiger partial charge on any atom is 0.490 e. The molecule has 1 aromatic rings. The third kappa shape index (κ3) is 6.96. The summed E-state index contributed by atoms with van der Waals surface area (Å²) in [6, 6.07) is 10.9. The summed E-state index contributed by atoms with van der Waals surface area (Å²) in [6.45, 7) is 2.78. The molecule has 168 valence electrons. The molecule has 1 aliphatic carbocycles. The fourth-order valence-electron chi connectivity index (χ4n) is 3.49. The van der Waals surface area contributed by atoms with Crippen LogP contribution >= 0.6 is 0 Å². The van der Waals surface area contributed by atoms with Crippen molar-refractivity contribution in [3.05, 3.63) is 35.9 Å². The van der Waals surface area contributed by atoms with Gasteiger partial charge in [-0.15, -0.1) is 0 Å². The number of carbonyl (C=O) groups is 2. The van der Waals surface area contributed by atoms with E-state index < -0.39 is 12.1 Å². The highest BCUT2D eigenvalue weighted by Crippen LogP contribution is 2.33. The molecule has 1 N–H and O–H groups in total. The normalized spacial score (nSPS) is 23.8. The van der Waals surface area contributed by atoms with Crippen LogP contribution in [0.4, 0.5) is 13.2 Å². The second-order valence-electron chi connectivity index (χ2n) is 7.38. The molecule has 1 saturated carbocycles. The van der Waals surface area contributed by atoms with E-state index in [2.05, 4.69) is 29.2 Å². The van der Waals surface area contributed by atoms with Gasteiger partial charge in [-0.2, -0.15) is 13.2 Å². The molecular formula is C20H27F3N2O5. The molecular weight excluding hydrogens is 405 g/mol. The van der Waals surface area contributed by atoms with Crippen molar-refractivity contribution in [1.82, 2.24) is 9.80 Å². The molecule has 1 saturated heterocycles. The molecule has 2 aliphatic rings. The van der Waals surface area contributed by atoms with Gasteiger partial charge in [-0.3, -0.25) is 9.69 Å². The Balaban J connectivity index is 0.000000396. The van der Waals surface area contributed by atoms with Crippen molar-refractivity contribution in [2.24, 2.45) is 0 Å². The van der Waals surface area contributed by atoms with Crippen LogP contribution in [-0.2, 0) is 25.6 Å². The highest BCUT2D eigenvalue weighted by molar-refractivity contribution is 5.76. The van der Waals surface area contributed by atoms with Crippen molar-refractivity contribution in [2.75, 3.05) is 33.9 Å². The minimum absolute atomic E-state index is 0.00500. The number of morpholine rings is 1. The largest absolute Gasteiger partial charge is 0.490 e. The summed E-state index contributed by atoms with van der Waals surface area (Å²) in [6.07, 6.45) is -2.94. The zero-order chi connectivity index (χ0) is 22.3. The average Bonchev–Trinajstić information content (AvgIpc) is 3.11. The number of rotatable bonds is 5. The number of ether oxygens (including phenoxy) is 2. The maximum absolute atomic E-state index is 11.7. The van der Waals surface area contributed by atoms with E-state index in [4.69, 9.17) is 19.4 Å². The Kier molecular flexibility index (Phi) is 8.63. The number of amides is 1. The van der Waals surface area contributed by atoms with Crippen LogP contribution in [0.3, 0.4) is 0 Å². The van der Waals surface area contributed by atoms with Crippen molar-refractivity contribution >= 4 is 11.9 Å². The fourth-order valence-corrected chi connectivity index (χ4v) is 3.49. The van der Waals surface area contributed by atoms with Gasteiger partial charge in [0.15, 0.2) is 0 Å². The molecule has 3 rings (SSSR count). The monoisotopic (exact) mass is 432 g/mol. The van der Waals surface area contributed by atoms with Crippen LogP contribution in [0, 0.1) is 0 Å². The fraction of sp³-hybridized carbons (Fsp3) is 0.600. The smallest absolute Gasteiger partial charge is 0.475 e. The number of carboxylic acids is 1. The third-order valence-electron chi connectivity index (χ3n) is 5.04. The zero-order valence-electron chi connectivity index (χ0n) is 17.0. The van der Waals surface area contributed by atoms with Crippen LogP contribution in [0.1, 0.15) is 18.4 Å². The van der Waals surface area contributed by atoms with Gasteiger partial charge in [0.2, 0.25) is 5.91 Å². The number of benzene rings is 1. The first-order valence-electron chi connectivity index (χ1n) is 9.61. The van der Waals surface area contributed by atoms with Crippen molar-refractivity contribution < 1.29 is 37.3 Å². The molecule has 7 nitrogen and oxygen atoms in total. The molecule has 0 spiro atoms. The molecule has 0 radical (unpaired) electrons. The summed E-state index contributed by atoms with van der Waals surface area (Å²) in [5, 5.41) is 7.12. The molecule has 10 heteroatoms. The first kappa shape index (κ1) is 24.1. The Bertz CT molecular complexity index is 699. The van der Waals surface area contributed by atoms with Crippen LogP contribution in [0.15, 0.2) is 30.3 Å². The third-order valence-corrected chi connectivity index (χ3v) is 5.04. The molecule has 0 bridgehead atoms. The van der Waals surface area contributed by atoms with Gasteiger partial charge in [0.25, 0.3) is 0 Å². The van der Waals surface area contributed by atoms with E-state index >= 15 is 0 Å². The second kappa shape index (κ2) is 10.7. The predicted octanol–water partition coefficient (Wildman–Crippen LogP) is 2.16. The van der Waals surface area contributed by atoms with Crippen LogP contribution < -0.4 is 0 Å². The van der Waals surface area contributed by atoms with E-state index in [1.54, 1.807) is 19.0 Å². The Morgan fingerprint density at radius 1 is 1.23 bits per heavy atom. The second-order valence-corrected chi connectivity index (χ2v) is 7.38. The number of nitrogens with zero attached hydrogens (tertiary/aromatic N) is 2. The van der Waals surface area contributed by atoms with E-state index in [0.717, 1.165) is 32.5 Å². The highest BCUT2D eigenvalue weighted by atomic mass is 19.4. The van der Waals surface area contributed by atoms with Crippen LogP contribution in [-0.4, -0.2) is 85.1 Å². The zero-order valence-corrected chi connectivity index (χ0v) is 17.0. The molecule has 0 aromatic heterocycles. The standard InChI is InChI=1S/C18H26N2O3.C2HF3O2/c1-19(2)17(21)13-23-16-9-8-15-18(16)22-11-10-20(15)12-14-6-4-3-5-7-14;3-2(4,5)1(6)7/h3-7,15-16,18H,8-13H2,1-2H3;(H,6,7)/t15-,16+,18+;/m0./s1. The summed E-state index contributed by atoms with van der Waals surface area (Å²) in [5.74, 6) is -2.75. The van der Waals surface area contributed by atoms with Crippen LogP contribution in [0.2, 0.25) is 0 Å². The first-order chi connectivity index (χ1) is 14.1. The van der Waals surface area contributed by atoms with Crippen molar-refractivity contribution in [3.8, 4) is 0 Å². The Hall–Kier alpha value is -2.17. The van der Waals surface area contributed by atoms with E-state index in [9.17, 15) is 18.0 Å². The molecule has 1 aromatic carbocycles. The molecule has 0 unspecified atom stereocenters. The Morgan fingerprint density at radius 3 is 2.43 bits per heavy atom. The number of likely N-dealkylation sites (N-methyl/N-ethyl adjacent to an activating group) is 1. The number of aliphatic carboxylic acids is 1. The number of carbonyl (C=O) groups excluding carboxylic acids is 1. The SMILES string of the molecule is CN(C)C(=O)CO[C@@H]1CC[C@H]2[C@H]1OCCN2Cc1ccccc1.O=C(O)C(F)(F)F. The average molecular weight is 432 g/mol. The van der Waals surface area contributed by atoms with Gasteiger partial charge in [-0.25, -0.2) is 4.79 Å². The Morgan fingerprint density at radius 2 is 1.87 bits per heavy atom. The van der Waals surface area contributed by atoms with Crippen LogP contribution in [0.5, 0.6) is 0 Å². The summed E-state index contributed by atoms with van der Waals surface area (Å²) in [4.78, 5) is 24.7. The number of hydrogen-bond acceptors (Lipinski definition) is 5. The van der Waals surface area contributed by atoms with E-state index in [1.165, 1.54) is 5.56 Å². The number of alkyl halides is 3. The number of fused-ring (bicyclic) bond motifs is 1. The molecule has 1 heterocycles. The van der Waals surface area contributed by atoms with Crippen molar-refractivity contribution in [2.45, 2.75) is 43.8 Å². The number of hydrogen-bond donors (Lipinski definition) is 1. The Labute approximate surface area is 173 Å². The van der Waals surface area contributed by atoms with E-state index in [1.807, 2.05) is 6.07 Å². The number of carboxylic acid groups (broad SMARTS) is 1. The lowest BCUT2D eigenvalue weighted by molar-refractivity contribution is -0.192. The minimum Gasteiger partial charge on any atom is -0.475 e. The van der Waals surface area contributed by atoms with E-state index in [0.29, 0.717) is 6.04 Å². The van der Waals surface area contributed by atoms with Gasteiger partial charge in [-0.1, -0.05) is 30.3 Å². The van der Waals surface area contributed by atoms with Gasteiger partial charge in [-0.05, 0) is 18.4 Å². The summed E-state index contributed by atoms with van der Waals surface area (Å²) in [5.41, 5.74) is 1.33. The van der Waals surface area contributed by atoms with Crippen LogP contribution in [0.25, 0.3) is 0 Å². The lowest BCUT2D eigenvalue weighted by Crippen LogP contribution is -2.51. The topological polar surface area (TPSA) is 79.3 Å². The summed E-state index contributed by atoms with van der Waals surface area (Å²) in [7, 11) is 3.50. The van der Waals surface area contributed by atoms with Gasteiger partial charge in [0.05, 0.1) is 18.8 Å². The lowest BCUT2D eigenvalue weighted by atomic mass is 10.1. The van der Waals surface area contributed by atoms with Gasteiger partial charge in [0.1, 0.15) is 6.61 Å².